The van der Waals surface area contributed by atoms with E-state index < -0.39 is 0 Å². The molecule has 3 heteroatoms. The third-order valence-electron chi connectivity index (χ3n) is 1.63. The molecule has 0 aromatic rings. The maximum atomic E-state index is 10.1. The molecule has 1 N–H and O–H groups in total. The zero-order chi connectivity index (χ0) is 8.97. The van der Waals surface area contributed by atoms with Crippen LogP contribution in [0.15, 0.2) is 35.6 Å². The van der Waals surface area contributed by atoms with Crippen molar-refractivity contribution in [3.8, 4) is 0 Å². The average Bonchev–Trinajstić information content (AvgIpc) is 2.20. The average molecular weight is 184 g/mol. The largest absolute Gasteiger partial charge is 0.329 e. The van der Waals surface area contributed by atoms with Gasteiger partial charge in [-0.1, -0.05) is 17.7 Å². The summed E-state index contributed by atoms with van der Waals surface area (Å²) in [5.74, 6) is 0. The number of allylic oxidation sites excluding steroid dienone is 5. The summed E-state index contributed by atoms with van der Waals surface area (Å²) in [7, 11) is 0. The van der Waals surface area contributed by atoms with Gasteiger partial charge in [0.2, 0.25) is 6.41 Å². The lowest BCUT2D eigenvalue weighted by Crippen LogP contribution is -2.07. The van der Waals surface area contributed by atoms with E-state index in [0.29, 0.717) is 6.41 Å². The summed E-state index contributed by atoms with van der Waals surface area (Å²) < 4.78 is 0. The molecule has 12 heavy (non-hydrogen) atoms. The van der Waals surface area contributed by atoms with E-state index in [1.54, 1.807) is 6.08 Å². The number of hydrogen-bond donors (Lipinski definition) is 1. The molecule has 0 aliphatic heterocycles. The summed E-state index contributed by atoms with van der Waals surface area (Å²) in [5, 5.41) is 2.48. The number of rotatable bonds is 2. The molecule has 2 nitrogen and oxygen atoms in total. The number of alkyl halides is 1. The molecule has 0 fully saturated rings. The molecule has 64 valence electrons. The molecule has 0 saturated carbocycles. The van der Waals surface area contributed by atoms with Crippen molar-refractivity contribution in [2.24, 2.45) is 0 Å². The highest BCUT2D eigenvalue weighted by Crippen LogP contribution is 2.14. The van der Waals surface area contributed by atoms with E-state index in [1.807, 2.05) is 25.2 Å². The Hall–Kier alpha value is -1.02. The van der Waals surface area contributed by atoms with Gasteiger partial charge in [-0.3, -0.25) is 4.79 Å². The molecular weight excluding hydrogens is 174 g/mol. The van der Waals surface area contributed by atoms with Gasteiger partial charge >= 0.3 is 0 Å². The molecule has 1 aliphatic carbocycles. The fourth-order valence-corrected chi connectivity index (χ4v) is 1.02. The number of carbonyl (C=O) groups is 1. The normalized spacial score (nSPS) is 22.3. The lowest BCUT2D eigenvalue weighted by Gasteiger charge is -1.99. The predicted molar refractivity (Wildman–Crippen MR) is 49.8 cm³/mol. The summed E-state index contributed by atoms with van der Waals surface area (Å²) >= 11 is 5.93. The minimum Gasteiger partial charge on any atom is -0.329 e. The zero-order valence-electron chi connectivity index (χ0n) is 6.75. The molecule has 1 aliphatic rings. The van der Waals surface area contributed by atoms with Crippen LogP contribution in [0.3, 0.4) is 0 Å². The minimum absolute atomic E-state index is 0.0767. The molecule has 0 spiro atoms. The fourth-order valence-electron chi connectivity index (χ4n) is 0.873. The van der Waals surface area contributed by atoms with Crippen molar-refractivity contribution in [2.45, 2.75) is 12.3 Å². The molecule has 0 aromatic heterocycles. The van der Waals surface area contributed by atoms with Crippen molar-refractivity contribution in [3.63, 3.8) is 0 Å². The van der Waals surface area contributed by atoms with Gasteiger partial charge in [-0.05, 0) is 19.1 Å². The molecule has 0 heterocycles. The van der Waals surface area contributed by atoms with Gasteiger partial charge in [0.15, 0.2) is 0 Å². The predicted octanol–water partition coefficient (Wildman–Crippen LogP) is 1.74. The Kier molecular flexibility index (Phi) is 3.11. The molecule has 1 unspecified atom stereocenters. The minimum atomic E-state index is -0.0767. The van der Waals surface area contributed by atoms with Gasteiger partial charge in [0.1, 0.15) is 0 Å². The number of carbonyl (C=O) groups excluding carboxylic acids is 1. The van der Waals surface area contributed by atoms with E-state index >= 15 is 0 Å². The van der Waals surface area contributed by atoms with Crippen LogP contribution in [0.5, 0.6) is 0 Å². The lowest BCUT2D eigenvalue weighted by molar-refractivity contribution is -0.108. The molecule has 0 aromatic carbocycles. The van der Waals surface area contributed by atoms with Crippen molar-refractivity contribution in [1.82, 2.24) is 5.32 Å². The Morgan fingerprint density at radius 1 is 1.58 bits per heavy atom. The number of hydrogen-bond acceptors (Lipinski definition) is 1. The molecular formula is C9H10ClNO. The second kappa shape index (κ2) is 4.12. The standard InChI is InChI=1S/C9H10ClNO/c1-7-2-3-8(11-6-12)4-5-9(7)10/h2-6,9H,1H3,(H,11,12). The fraction of sp³-hybridized carbons (Fsp3) is 0.222. The summed E-state index contributed by atoms with van der Waals surface area (Å²) in [5.41, 5.74) is 1.82. The quantitative estimate of drug-likeness (QED) is 0.513. The van der Waals surface area contributed by atoms with Crippen molar-refractivity contribution in [2.75, 3.05) is 0 Å². The number of nitrogens with one attached hydrogen (secondary N) is 1. The third kappa shape index (κ3) is 2.24. The zero-order valence-corrected chi connectivity index (χ0v) is 7.51. The van der Waals surface area contributed by atoms with Crippen LogP contribution in [0.4, 0.5) is 0 Å². The van der Waals surface area contributed by atoms with Crippen LogP contribution in [-0.2, 0) is 4.79 Å². The SMILES string of the molecule is CC1=CC=C(NC=O)C=CC1Cl. The monoisotopic (exact) mass is 183 g/mol. The third-order valence-corrected chi connectivity index (χ3v) is 2.12. The first kappa shape index (κ1) is 9.07. The molecule has 0 radical (unpaired) electrons. The van der Waals surface area contributed by atoms with Crippen LogP contribution in [0, 0.1) is 0 Å². The second-order valence-corrected chi connectivity index (χ2v) is 3.03. The first-order chi connectivity index (χ1) is 5.74. The van der Waals surface area contributed by atoms with Crippen LogP contribution in [-0.4, -0.2) is 11.8 Å². The van der Waals surface area contributed by atoms with Crippen molar-refractivity contribution >= 4 is 18.0 Å². The van der Waals surface area contributed by atoms with Gasteiger partial charge < -0.3 is 5.32 Å². The highest BCUT2D eigenvalue weighted by atomic mass is 35.5. The second-order valence-electron chi connectivity index (χ2n) is 2.56. The van der Waals surface area contributed by atoms with E-state index in [0.717, 1.165) is 11.3 Å². The Bertz CT molecular complexity index is 266. The van der Waals surface area contributed by atoms with Crippen LogP contribution in [0.2, 0.25) is 0 Å². The van der Waals surface area contributed by atoms with E-state index in [1.165, 1.54) is 0 Å². The summed E-state index contributed by atoms with van der Waals surface area (Å²) in [6, 6.07) is 0. The maximum Gasteiger partial charge on any atom is 0.211 e. The smallest absolute Gasteiger partial charge is 0.211 e. The Balaban J connectivity index is 2.80. The molecule has 0 saturated heterocycles. The van der Waals surface area contributed by atoms with Gasteiger partial charge in [0, 0.05) is 5.70 Å². The Morgan fingerprint density at radius 2 is 2.33 bits per heavy atom. The number of amides is 1. The Morgan fingerprint density at radius 3 is 3.00 bits per heavy atom. The van der Waals surface area contributed by atoms with E-state index in [4.69, 9.17) is 11.6 Å². The first-order valence-electron chi connectivity index (χ1n) is 3.65. The van der Waals surface area contributed by atoms with Gasteiger partial charge in [-0.2, -0.15) is 0 Å². The van der Waals surface area contributed by atoms with Gasteiger partial charge in [-0.25, -0.2) is 0 Å². The van der Waals surface area contributed by atoms with E-state index in [9.17, 15) is 4.79 Å². The Labute approximate surface area is 76.6 Å². The van der Waals surface area contributed by atoms with E-state index in [-0.39, 0.29) is 5.38 Å². The molecule has 0 bridgehead atoms. The summed E-state index contributed by atoms with van der Waals surface area (Å²) in [4.78, 5) is 10.1. The topological polar surface area (TPSA) is 29.1 Å². The van der Waals surface area contributed by atoms with E-state index in [2.05, 4.69) is 5.32 Å². The highest BCUT2D eigenvalue weighted by molar-refractivity contribution is 6.23. The van der Waals surface area contributed by atoms with Crippen LogP contribution in [0.1, 0.15) is 6.92 Å². The van der Waals surface area contributed by atoms with Crippen LogP contribution < -0.4 is 5.32 Å². The van der Waals surface area contributed by atoms with Crippen molar-refractivity contribution in [1.29, 1.82) is 0 Å². The van der Waals surface area contributed by atoms with Crippen molar-refractivity contribution < 1.29 is 4.79 Å². The molecule has 1 amide bonds. The summed E-state index contributed by atoms with van der Waals surface area (Å²) in [6.45, 7) is 1.95. The van der Waals surface area contributed by atoms with Crippen molar-refractivity contribution in [3.05, 3.63) is 35.6 Å². The molecule has 1 rings (SSSR count). The highest BCUT2D eigenvalue weighted by Gasteiger charge is 2.04. The van der Waals surface area contributed by atoms with Crippen LogP contribution in [0.25, 0.3) is 0 Å². The van der Waals surface area contributed by atoms with Gasteiger partial charge in [0.25, 0.3) is 0 Å². The van der Waals surface area contributed by atoms with Gasteiger partial charge in [-0.15, -0.1) is 11.6 Å². The first-order valence-corrected chi connectivity index (χ1v) is 4.08. The lowest BCUT2D eigenvalue weighted by atomic mass is 10.2. The number of halogens is 1. The van der Waals surface area contributed by atoms with Crippen LogP contribution >= 0.6 is 11.6 Å². The maximum absolute atomic E-state index is 10.1. The summed E-state index contributed by atoms with van der Waals surface area (Å²) in [6.07, 6.45) is 7.99. The molecule has 1 atom stereocenters. The van der Waals surface area contributed by atoms with Gasteiger partial charge in [0.05, 0.1) is 5.38 Å².